The molecule has 2 unspecified atom stereocenters. The Hall–Kier alpha value is 0.0300. The quantitative estimate of drug-likeness (QED) is 0.392. The van der Waals surface area contributed by atoms with Crippen molar-refractivity contribution in [2.45, 2.75) is 19.8 Å². The predicted octanol–water partition coefficient (Wildman–Crippen LogP) is 2.83. The van der Waals surface area contributed by atoms with E-state index in [2.05, 4.69) is 19.1 Å². The Morgan fingerprint density at radius 3 is 2.89 bits per heavy atom. The maximum absolute atomic E-state index is 5.74. The molecule has 0 aromatic rings. The Labute approximate surface area is 61.9 Å². The Bertz CT molecular complexity index is 107. The van der Waals surface area contributed by atoms with Gasteiger partial charge in [-0.25, -0.2) is 0 Å². The number of hydrogen-bond donors (Lipinski definition) is 0. The van der Waals surface area contributed by atoms with Crippen molar-refractivity contribution in [3.8, 4) is 0 Å². The highest BCUT2D eigenvalue weighted by atomic mass is 35.5. The van der Waals surface area contributed by atoms with Crippen LogP contribution < -0.4 is 0 Å². The summed E-state index contributed by atoms with van der Waals surface area (Å²) in [5, 5.41) is 0. The van der Waals surface area contributed by atoms with Crippen LogP contribution in [0.25, 0.3) is 0 Å². The third kappa shape index (κ3) is 1.72. The number of allylic oxidation sites excluding steroid dienone is 2. The molecule has 0 saturated carbocycles. The third-order valence-electron chi connectivity index (χ3n) is 2.09. The molecule has 0 bridgehead atoms. The SMILES string of the molecule is CC1C=CCCC1CCl. The van der Waals surface area contributed by atoms with E-state index in [-0.39, 0.29) is 0 Å². The van der Waals surface area contributed by atoms with Gasteiger partial charge in [0, 0.05) is 5.88 Å². The molecule has 9 heavy (non-hydrogen) atoms. The molecule has 1 heteroatoms. The normalized spacial score (nSPS) is 34.9. The van der Waals surface area contributed by atoms with Gasteiger partial charge in [-0.1, -0.05) is 19.1 Å². The zero-order valence-electron chi connectivity index (χ0n) is 5.81. The Morgan fingerprint density at radius 2 is 2.44 bits per heavy atom. The summed E-state index contributed by atoms with van der Waals surface area (Å²) in [7, 11) is 0. The second kappa shape index (κ2) is 3.26. The van der Waals surface area contributed by atoms with Crippen LogP contribution in [0.1, 0.15) is 19.8 Å². The zero-order valence-corrected chi connectivity index (χ0v) is 6.56. The Balaban J connectivity index is 2.44. The summed E-state index contributed by atoms with van der Waals surface area (Å²) in [6, 6.07) is 0. The van der Waals surface area contributed by atoms with Gasteiger partial charge in [0.25, 0.3) is 0 Å². The van der Waals surface area contributed by atoms with Gasteiger partial charge in [-0.15, -0.1) is 11.6 Å². The maximum atomic E-state index is 5.74. The van der Waals surface area contributed by atoms with Crippen LogP contribution in [0.15, 0.2) is 12.2 Å². The van der Waals surface area contributed by atoms with Gasteiger partial charge in [0.1, 0.15) is 0 Å². The van der Waals surface area contributed by atoms with Crippen molar-refractivity contribution in [1.29, 1.82) is 0 Å². The second-order valence-corrected chi connectivity index (χ2v) is 3.09. The average molecular weight is 145 g/mol. The minimum atomic E-state index is 0.705. The summed E-state index contributed by atoms with van der Waals surface area (Å²) in [6.07, 6.45) is 7.03. The van der Waals surface area contributed by atoms with E-state index >= 15 is 0 Å². The molecule has 2 atom stereocenters. The van der Waals surface area contributed by atoms with Gasteiger partial charge >= 0.3 is 0 Å². The molecule has 1 aliphatic carbocycles. The first kappa shape index (κ1) is 7.14. The molecule has 0 N–H and O–H groups in total. The zero-order chi connectivity index (χ0) is 6.69. The number of alkyl halides is 1. The van der Waals surface area contributed by atoms with Crippen molar-refractivity contribution in [2.24, 2.45) is 11.8 Å². The molecule has 52 valence electrons. The summed E-state index contributed by atoms with van der Waals surface area (Å²) in [5.74, 6) is 2.26. The topological polar surface area (TPSA) is 0 Å². The van der Waals surface area contributed by atoms with E-state index in [4.69, 9.17) is 11.6 Å². The molecule has 0 spiro atoms. The molecule has 0 fully saturated rings. The van der Waals surface area contributed by atoms with Crippen LogP contribution in [-0.4, -0.2) is 5.88 Å². The molecule has 0 radical (unpaired) electrons. The maximum Gasteiger partial charge on any atom is 0.0257 e. The molecule has 0 aromatic heterocycles. The van der Waals surface area contributed by atoms with E-state index in [0.717, 1.165) is 11.8 Å². The summed E-state index contributed by atoms with van der Waals surface area (Å²) in [5.41, 5.74) is 0. The van der Waals surface area contributed by atoms with Gasteiger partial charge in [-0.2, -0.15) is 0 Å². The first-order valence-corrected chi connectivity index (χ1v) is 4.10. The van der Waals surface area contributed by atoms with Crippen LogP contribution in [0.3, 0.4) is 0 Å². The Kier molecular flexibility index (Phi) is 2.59. The molecular formula is C8H13Cl. The fourth-order valence-corrected chi connectivity index (χ4v) is 1.69. The highest BCUT2D eigenvalue weighted by Crippen LogP contribution is 2.24. The summed E-state index contributed by atoms with van der Waals surface area (Å²) >= 11 is 5.74. The monoisotopic (exact) mass is 144 g/mol. The van der Waals surface area contributed by atoms with E-state index in [1.807, 2.05) is 0 Å². The number of hydrogen-bond acceptors (Lipinski definition) is 0. The van der Waals surface area contributed by atoms with Gasteiger partial charge in [-0.3, -0.25) is 0 Å². The molecule has 0 amide bonds. The van der Waals surface area contributed by atoms with Crippen LogP contribution >= 0.6 is 11.6 Å². The second-order valence-electron chi connectivity index (χ2n) is 2.78. The van der Waals surface area contributed by atoms with Crippen molar-refractivity contribution in [2.75, 3.05) is 5.88 Å². The van der Waals surface area contributed by atoms with Crippen LogP contribution in [0.2, 0.25) is 0 Å². The van der Waals surface area contributed by atoms with E-state index in [1.54, 1.807) is 0 Å². The highest BCUT2D eigenvalue weighted by molar-refractivity contribution is 6.18. The minimum absolute atomic E-state index is 0.705. The lowest BCUT2D eigenvalue weighted by molar-refractivity contribution is 0.418. The van der Waals surface area contributed by atoms with Gasteiger partial charge in [0.15, 0.2) is 0 Å². The third-order valence-corrected chi connectivity index (χ3v) is 2.48. The standard InChI is InChI=1S/C8H13Cl/c1-7-4-2-3-5-8(7)6-9/h2,4,7-8H,3,5-6H2,1H3. The van der Waals surface area contributed by atoms with Crippen LogP contribution in [-0.2, 0) is 0 Å². The summed E-state index contributed by atoms with van der Waals surface area (Å²) < 4.78 is 0. The lowest BCUT2D eigenvalue weighted by Gasteiger charge is -2.21. The molecule has 0 aliphatic heterocycles. The average Bonchev–Trinajstić information content (AvgIpc) is 1.89. The first-order chi connectivity index (χ1) is 4.34. The molecule has 1 rings (SSSR count). The van der Waals surface area contributed by atoms with Crippen LogP contribution in [0.5, 0.6) is 0 Å². The van der Waals surface area contributed by atoms with E-state index in [0.29, 0.717) is 5.92 Å². The largest absolute Gasteiger partial charge is 0.126 e. The number of rotatable bonds is 1. The van der Waals surface area contributed by atoms with Crippen molar-refractivity contribution in [1.82, 2.24) is 0 Å². The molecule has 0 heterocycles. The summed E-state index contributed by atoms with van der Waals surface area (Å²) in [6.45, 7) is 2.24. The fraction of sp³-hybridized carbons (Fsp3) is 0.750. The Morgan fingerprint density at radius 1 is 1.67 bits per heavy atom. The van der Waals surface area contributed by atoms with Crippen molar-refractivity contribution >= 4 is 11.6 Å². The van der Waals surface area contributed by atoms with E-state index < -0.39 is 0 Å². The fourth-order valence-electron chi connectivity index (χ4n) is 1.26. The molecule has 1 aliphatic rings. The minimum Gasteiger partial charge on any atom is -0.126 e. The lowest BCUT2D eigenvalue weighted by atomic mass is 9.87. The number of halogens is 1. The lowest BCUT2D eigenvalue weighted by Crippen LogP contribution is -2.13. The first-order valence-electron chi connectivity index (χ1n) is 3.57. The highest BCUT2D eigenvalue weighted by Gasteiger charge is 2.15. The van der Waals surface area contributed by atoms with E-state index in [9.17, 15) is 0 Å². The summed E-state index contributed by atoms with van der Waals surface area (Å²) in [4.78, 5) is 0. The van der Waals surface area contributed by atoms with E-state index in [1.165, 1.54) is 12.8 Å². The molecule has 0 aromatic carbocycles. The molecule has 0 saturated heterocycles. The van der Waals surface area contributed by atoms with Gasteiger partial charge in [0.05, 0.1) is 0 Å². The van der Waals surface area contributed by atoms with Crippen molar-refractivity contribution in [3.63, 3.8) is 0 Å². The van der Waals surface area contributed by atoms with Crippen LogP contribution in [0.4, 0.5) is 0 Å². The van der Waals surface area contributed by atoms with Crippen molar-refractivity contribution < 1.29 is 0 Å². The van der Waals surface area contributed by atoms with Gasteiger partial charge in [0.2, 0.25) is 0 Å². The van der Waals surface area contributed by atoms with Gasteiger partial charge in [-0.05, 0) is 24.7 Å². The predicted molar refractivity (Wildman–Crippen MR) is 41.7 cm³/mol. The molecular weight excluding hydrogens is 132 g/mol. The van der Waals surface area contributed by atoms with Crippen LogP contribution in [0, 0.1) is 11.8 Å². The van der Waals surface area contributed by atoms with Crippen molar-refractivity contribution in [3.05, 3.63) is 12.2 Å². The molecule has 0 nitrogen and oxygen atoms in total. The van der Waals surface area contributed by atoms with Gasteiger partial charge < -0.3 is 0 Å². The smallest absolute Gasteiger partial charge is 0.0257 e.